The highest BCUT2D eigenvalue weighted by atomic mass is 35.5. The molecule has 0 unspecified atom stereocenters. The normalized spacial score (nSPS) is 10.8. The minimum absolute atomic E-state index is 0.0711. The lowest BCUT2D eigenvalue weighted by Gasteiger charge is -2.12. The fourth-order valence-corrected chi connectivity index (χ4v) is 3.21. The van der Waals surface area contributed by atoms with E-state index in [0.717, 1.165) is 9.25 Å². The van der Waals surface area contributed by atoms with Crippen LogP contribution in [0, 0.1) is 0 Å². The molecule has 0 aliphatic carbocycles. The Morgan fingerprint density at radius 1 is 1.10 bits per heavy atom. The van der Waals surface area contributed by atoms with Gasteiger partial charge in [0.15, 0.2) is 0 Å². The zero-order valence-electron chi connectivity index (χ0n) is 16.7. The van der Waals surface area contributed by atoms with Crippen molar-refractivity contribution in [2.45, 2.75) is 13.0 Å². The monoisotopic (exact) mass is 462 g/mol. The van der Waals surface area contributed by atoms with Crippen molar-refractivity contribution >= 4 is 29.1 Å². The first-order valence-electron chi connectivity index (χ1n) is 9.42. The average molecular weight is 463 g/mol. The zero-order chi connectivity index (χ0) is 22.4. The molecule has 0 saturated carbocycles. The predicted octanol–water partition coefficient (Wildman–Crippen LogP) is 2.52. The second kappa shape index (κ2) is 10.4. The van der Waals surface area contributed by atoms with Crippen LogP contribution in [-0.2, 0) is 11.3 Å². The number of carbonyl (C=O) groups excluding carboxylic acids is 1. The third kappa shape index (κ3) is 5.61. The van der Waals surface area contributed by atoms with Crippen LogP contribution < -0.4 is 16.6 Å². The van der Waals surface area contributed by atoms with Crippen molar-refractivity contribution < 1.29 is 9.53 Å². The lowest BCUT2D eigenvalue weighted by atomic mass is 10.2. The third-order valence-electron chi connectivity index (χ3n) is 4.39. The molecule has 162 valence electrons. The van der Waals surface area contributed by atoms with Gasteiger partial charge in [-0.3, -0.25) is 14.2 Å². The molecule has 0 fully saturated rings. The largest absolute Gasteiger partial charge is 0.385 e. The van der Waals surface area contributed by atoms with Crippen LogP contribution in [0.3, 0.4) is 0 Å². The van der Waals surface area contributed by atoms with E-state index in [1.807, 2.05) is 0 Å². The first kappa shape index (κ1) is 22.7. The fraction of sp³-hybridized carbons (Fsp3) is 0.238. The SMILES string of the molecule is COCCCNC(=O)c1nn(-c2ccc(Cl)cc2)c(=O)n(Cc2cccc(Cl)c2)c1=O. The topological polar surface area (TPSA) is 95.2 Å². The van der Waals surface area contributed by atoms with E-state index in [0.29, 0.717) is 40.9 Å². The molecule has 1 amide bonds. The van der Waals surface area contributed by atoms with Crippen LogP contribution >= 0.6 is 23.2 Å². The Morgan fingerprint density at radius 2 is 1.84 bits per heavy atom. The van der Waals surface area contributed by atoms with Gasteiger partial charge in [0.25, 0.3) is 11.5 Å². The summed E-state index contributed by atoms with van der Waals surface area (Å²) in [4.78, 5) is 38.7. The molecule has 31 heavy (non-hydrogen) atoms. The molecule has 0 aliphatic rings. The van der Waals surface area contributed by atoms with Crippen LogP contribution in [0.4, 0.5) is 0 Å². The van der Waals surface area contributed by atoms with Gasteiger partial charge in [0.05, 0.1) is 12.2 Å². The Balaban J connectivity index is 2.08. The van der Waals surface area contributed by atoms with Crippen molar-refractivity contribution in [2.24, 2.45) is 0 Å². The Kier molecular flexibility index (Phi) is 7.62. The quantitative estimate of drug-likeness (QED) is 0.518. The summed E-state index contributed by atoms with van der Waals surface area (Å²) in [5, 5.41) is 7.62. The molecule has 3 aromatic rings. The second-order valence-corrected chi connectivity index (χ2v) is 7.52. The molecule has 3 rings (SSSR count). The molecule has 0 bridgehead atoms. The molecule has 1 heterocycles. The molecule has 0 atom stereocenters. The van der Waals surface area contributed by atoms with Crippen LogP contribution in [0.5, 0.6) is 0 Å². The number of halogens is 2. The maximum atomic E-state index is 13.1. The van der Waals surface area contributed by atoms with Gasteiger partial charge in [-0.1, -0.05) is 35.3 Å². The maximum Gasteiger partial charge on any atom is 0.352 e. The summed E-state index contributed by atoms with van der Waals surface area (Å²) in [5.41, 5.74) is -0.883. The summed E-state index contributed by atoms with van der Waals surface area (Å²) in [7, 11) is 1.56. The molecular weight excluding hydrogens is 443 g/mol. The number of nitrogens with zero attached hydrogens (tertiary/aromatic N) is 3. The van der Waals surface area contributed by atoms with Gasteiger partial charge in [-0.25, -0.2) is 4.79 Å². The summed E-state index contributed by atoms with van der Waals surface area (Å²) in [6, 6.07) is 13.1. The molecule has 10 heteroatoms. The van der Waals surface area contributed by atoms with Crippen LogP contribution in [0.15, 0.2) is 58.1 Å². The molecule has 2 aromatic carbocycles. The van der Waals surface area contributed by atoms with Gasteiger partial charge in [-0.15, -0.1) is 0 Å². The minimum atomic E-state index is -0.792. The van der Waals surface area contributed by atoms with Crippen LogP contribution in [0.2, 0.25) is 10.0 Å². The van der Waals surface area contributed by atoms with Gasteiger partial charge < -0.3 is 10.1 Å². The number of benzene rings is 2. The number of rotatable bonds is 8. The summed E-state index contributed by atoms with van der Waals surface area (Å²) in [5.74, 6) is -0.677. The number of carbonyl (C=O) groups is 1. The van der Waals surface area contributed by atoms with Gasteiger partial charge in [0, 0.05) is 30.3 Å². The van der Waals surface area contributed by atoms with E-state index in [1.165, 1.54) is 0 Å². The molecule has 0 spiro atoms. The van der Waals surface area contributed by atoms with Gasteiger partial charge in [-0.05, 0) is 48.4 Å². The fourth-order valence-electron chi connectivity index (χ4n) is 2.87. The molecular formula is C21H20Cl2N4O4. The summed E-state index contributed by atoms with van der Waals surface area (Å²) in [6.07, 6.45) is 0.565. The molecule has 8 nitrogen and oxygen atoms in total. The Hall–Kier alpha value is -2.94. The highest BCUT2D eigenvalue weighted by Crippen LogP contribution is 2.12. The number of nitrogens with one attached hydrogen (secondary N) is 1. The van der Waals surface area contributed by atoms with E-state index < -0.39 is 22.9 Å². The highest BCUT2D eigenvalue weighted by molar-refractivity contribution is 6.30. The van der Waals surface area contributed by atoms with E-state index >= 15 is 0 Å². The average Bonchev–Trinajstić information content (AvgIpc) is 2.75. The van der Waals surface area contributed by atoms with Crippen LogP contribution in [-0.4, -0.2) is 40.5 Å². The molecule has 0 saturated heterocycles. The number of ether oxygens (including phenoxy) is 1. The minimum Gasteiger partial charge on any atom is -0.385 e. The number of methoxy groups -OCH3 is 1. The zero-order valence-corrected chi connectivity index (χ0v) is 18.2. The van der Waals surface area contributed by atoms with Gasteiger partial charge in [0.2, 0.25) is 5.69 Å². The Labute approximate surface area is 188 Å². The molecule has 0 aliphatic heterocycles. The van der Waals surface area contributed by atoms with Crippen molar-refractivity contribution in [1.29, 1.82) is 0 Å². The third-order valence-corrected chi connectivity index (χ3v) is 4.87. The first-order valence-corrected chi connectivity index (χ1v) is 10.2. The lowest BCUT2D eigenvalue weighted by molar-refractivity contribution is 0.0938. The van der Waals surface area contributed by atoms with E-state index in [4.69, 9.17) is 27.9 Å². The van der Waals surface area contributed by atoms with Crippen molar-refractivity contribution in [3.8, 4) is 5.69 Å². The Morgan fingerprint density at radius 3 is 2.52 bits per heavy atom. The number of aromatic nitrogens is 3. The number of hydrogen-bond acceptors (Lipinski definition) is 5. The van der Waals surface area contributed by atoms with Gasteiger partial charge >= 0.3 is 5.69 Å². The summed E-state index contributed by atoms with van der Waals surface area (Å²) in [6.45, 7) is 0.678. The smallest absolute Gasteiger partial charge is 0.352 e. The van der Waals surface area contributed by atoms with E-state index in [9.17, 15) is 14.4 Å². The first-order chi connectivity index (χ1) is 14.9. The summed E-state index contributed by atoms with van der Waals surface area (Å²) < 4.78 is 6.91. The van der Waals surface area contributed by atoms with Crippen LogP contribution in [0.25, 0.3) is 5.69 Å². The van der Waals surface area contributed by atoms with Gasteiger partial charge in [0.1, 0.15) is 0 Å². The van der Waals surface area contributed by atoms with E-state index in [1.54, 1.807) is 55.6 Å². The van der Waals surface area contributed by atoms with Crippen molar-refractivity contribution in [3.05, 3.63) is 90.7 Å². The summed E-state index contributed by atoms with van der Waals surface area (Å²) >= 11 is 12.0. The maximum absolute atomic E-state index is 13.1. The molecule has 1 N–H and O–H groups in total. The highest BCUT2D eigenvalue weighted by Gasteiger charge is 2.20. The molecule has 0 radical (unpaired) electrons. The van der Waals surface area contributed by atoms with Crippen LogP contribution in [0.1, 0.15) is 22.5 Å². The van der Waals surface area contributed by atoms with Crippen molar-refractivity contribution in [3.63, 3.8) is 0 Å². The second-order valence-electron chi connectivity index (χ2n) is 6.64. The standard InChI is InChI=1S/C21H20Cl2N4O4/c1-31-11-3-10-24-19(28)18-20(29)26(13-14-4-2-5-16(23)12-14)21(30)27(25-18)17-8-6-15(22)7-9-17/h2,4-9,12H,3,10-11,13H2,1H3,(H,24,28). The van der Waals surface area contributed by atoms with E-state index in [2.05, 4.69) is 10.4 Å². The van der Waals surface area contributed by atoms with E-state index in [-0.39, 0.29) is 6.54 Å². The number of amides is 1. The van der Waals surface area contributed by atoms with Crippen molar-refractivity contribution in [2.75, 3.05) is 20.3 Å². The molecule has 1 aromatic heterocycles. The van der Waals surface area contributed by atoms with Gasteiger partial charge in [-0.2, -0.15) is 9.78 Å². The lowest BCUT2D eigenvalue weighted by Crippen LogP contribution is -2.46. The van der Waals surface area contributed by atoms with Crippen molar-refractivity contribution in [1.82, 2.24) is 19.7 Å². The number of hydrogen-bond donors (Lipinski definition) is 1. The predicted molar refractivity (Wildman–Crippen MR) is 118 cm³/mol. The Bertz CT molecular complexity index is 1190.